The first-order valence-corrected chi connectivity index (χ1v) is 7.97. The van der Waals surface area contributed by atoms with Gasteiger partial charge in [0, 0.05) is 18.0 Å². The Morgan fingerprint density at radius 1 is 1.25 bits per heavy atom. The summed E-state index contributed by atoms with van der Waals surface area (Å²) in [5.74, 6) is -0.452. The van der Waals surface area contributed by atoms with E-state index in [0.29, 0.717) is 0 Å². The summed E-state index contributed by atoms with van der Waals surface area (Å²) in [6, 6.07) is 6.67. The highest BCUT2D eigenvalue weighted by Crippen LogP contribution is 2.24. The number of para-hydroxylation sites is 1. The summed E-state index contributed by atoms with van der Waals surface area (Å²) in [5, 5.41) is 0.864. The van der Waals surface area contributed by atoms with E-state index < -0.39 is 23.7 Å². The maximum Gasteiger partial charge on any atom is 0.419 e. The molecule has 2 N–H and O–H groups in total. The van der Waals surface area contributed by atoms with Gasteiger partial charge in [-0.25, -0.2) is 4.79 Å². The second kappa shape index (κ2) is 7.05. The lowest BCUT2D eigenvalue weighted by Crippen LogP contribution is -2.34. The highest BCUT2D eigenvalue weighted by atomic mass is 16.6. The average Bonchev–Trinajstić information content (AvgIpc) is 2.85. The number of hydrogen-bond acceptors (Lipinski definition) is 5. The fourth-order valence-corrected chi connectivity index (χ4v) is 2.44. The van der Waals surface area contributed by atoms with Crippen molar-refractivity contribution in [1.82, 2.24) is 4.57 Å². The van der Waals surface area contributed by atoms with E-state index in [4.69, 9.17) is 15.2 Å². The molecule has 0 aliphatic rings. The smallest absolute Gasteiger partial charge is 0.419 e. The van der Waals surface area contributed by atoms with Gasteiger partial charge in [0.2, 0.25) is 0 Å². The quantitative estimate of drug-likeness (QED) is 0.870. The fraction of sp³-hybridized carbons (Fsp3) is 0.444. The predicted octanol–water partition coefficient (Wildman–Crippen LogP) is 2.86. The van der Waals surface area contributed by atoms with Crippen LogP contribution in [0.2, 0.25) is 0 Å². The number of carbonyl (C=O) groups is 2. The Bertz CT molecular complexity index is 743. The van der Waals surface area contributed by atoms with E-state index in [1.165, 1.54) is 4.57 Å². The molecule has 1 aromatic heterocycles. The molecule has 2 aromatic rings. The normalized spacial score (nSPS) is 12.9. The topological polar surface area (TPSA) is 83.5 Å². The monoisotopic (exact) mass is 332 g/mol. The zero-order chi connectivity index (χ0) is 17.9. The summed E-state index contributed by atoms with van der Waals surface area (Å²) in [6.07, 6.45) is 1.50. The number of ether oxygens (including phenoxy) is 2. The Morgan fingerprint density at radius 2 is 1.92 bits per heavy atom. The van der Waals surface area contributed by atoms with Crippen molar-refractivity contribution in [3.63, 3.8) is 0 Å². The van der Waals surface area contributed by atoms with Crippen LogP contribution in [0, 0.1) is 0 Å². The highest BCUT2D eigenvalue weighted by molar-refractivity contribution is 5.92. The largest absolute Gasteiger partial charge is 0.465 e. The number of nitrogens with two attached hydrogens (primary N) is 1. The summed E-state index contributed by atoms with van der Waals surface area (Å²) in [6.45, 7) is 7.46. The van der Waals surface area contributed by atoms with Crippen LogP contribution in [0.5, 0.6) is 0 Å². The van der Waals surface area contributed by atoms with Crippen LogP contribution in [-0.4, -0.2) is 34.9 Å². The second-order valence-electron chi connectivity index (χ2n) is 6.58. The molecule has 0 spiro atoms. The molecule has 6 heteroatoms. The fourth-order valence-electron chi connectivity index (χ4n) is 2.44. The van der Waals surface area contributed by atoms with E-state index in [2.05, 4.69) is 0 Å². The molecule has 24 heavy (non-hydrogen) atoms. The van der Waals surface area contributed by atoms with E-state index in [1.807, 2.05) is 45.0 Å². The van der Waals surface area contributed by atoms with Gasteiger partial charge in [0.15, 0.2) is 0 Å². The zero-order valence-electron chi connectivity index (χ0n) is 14.5. The van der Waals surface area contributed by atoms with Gasteiger partial charge in [-0.15, -0.1) is 0 Å². The van der Waals surface area contributed by atoms with Gasteiger partial charge in [0.25, 0.3) is 0 Å². The Labute approximate surface area is 141 Å². The number of nitrogens with zero attached hydrogens (tertiary/aromatic N) is 1. The summed E-state index contributed by atoms with van der Waals surface area (Å²) in [5.41, 5.74) is 6.84. The molecule has 0 radical (unpaired) electrons. The van der Waals surface area contributed by atoms with Crippen molar-refractivity contribution in [1.29, 1.82) is 0 Å². The number of carbonyl (C=O) groups excluding carboxylic acids is 2. The Balaban J connectivity index is 2.35. The molecule has 0 saturated carbocycles. The van der Waals surface area contributed by atoms with Crippen LogP contribution in [0.3, 0.4) is 0 Å². The molecule has 0 aliphatic carbocycles. The number of fused-ring (bicyclic) bond motifs is 1. The van der Waals surface area contributed by atoms with Gasteiger partial charge in [-0.2, -0.15) is 0 Å². The van der Waals surface area contributed by atoms with Crippen LogP contribution in [0.1, 0.15) is 33.3 Å². The third-order valence-electron chi connectivity index (χ3n) is 3.41. The standard InChI is InChI=1S/C18H24N2O4/c1-5-23-16(21)14(19)10-12-11-20(17(22)24-18(2,3)4)15-9-7-6-8-13(12)15/h6-9,11,14H,5,10,19H2,1-4H3/t14-/m1/s1. The van der Waals surface area contributed by atoms with Crippen LogP contribution in [-0.2, 0) is 20.7 Å². The van der Waals surface area contributed by atoms with E-state index in [-0.39, 0.29) is 13.0 Å². The number of aromatic nitrogens is 1. The Morgan fingerprint density at radius 3 is 2.54 bits per heavy atom. The zero-order valence-corrected chi connectivity index (χ0v) is 14.5. The molecule has 2 rings (SSSR count). The van der Waals surface area contributed by atoms with E-state index in [1.54, 1.807) is 13.1 Å². The minimum Gasteiger partial charge on any atom is -0.465 e. The molecular weight excluding hydrogens is 308 g/mol. The van der Waals surface area contributed by atoms with Crippen molar-refractivity contribution < 1.29 is 19.1 Å². The molecule has 1 aromatic carbocycles. The predicted molar refractivity (Wildman–Crippen MR) is 91.9 cm³/mol. The van der Waals surface area contributed by atoms with Crippen molar-refractivity contribution in [2.75, 3.05) is 6.61 Å². The third-order valence-corrected chi connectivity index (χ3v) is 3.41. The number of esters is 1. The molecule has 6 nitrogen and oxygen atoms in total. The molecule has 0 bridgehead atoms. The number of rotatable bonds is 4. The lowest BCUT2D eigenvalue weighted by Gasteiger charge is -2.19. The van der Waals surface area contributed by atoms with Gasteiger partial charge in [-0.1, -0.05) is 18.2 Å². The van der Waals surface area contributed by atoms with Crippen LogP contribution in [0.4, 0.5) is 4.79 Å². The lowest BCUT2D eigenvalue weighted by molar-refractivity contribution is -0.144. The summed E-state index contributed by atoms with van der Waals surface area (Å²) in [4.78, 5) is 24.2. The van der Waals surface area contributed by atoms with Crippen molar-refractivity contribution >= 4 is 23.0 Å². The Kier molecular flexibility index (Phi) is 5.29. The Hall–Kier alpha value is -2.34. The van der Waals surface area contributed by atoms with E-state index >= 15 is 0 Å². The van der Waals surface area contributed by atoms with Crippen molar-refractivity contribution in [3.8, 4) is 0 Å². The summed E-state index contributed by atoms with van der Waals surface area (Å²) < 4.78 is 11.8. The van der Waals surface area contributed by atoms with Gasteiger partial charge in [0.05, 0.1) is 12.1 Å². The molecule has 1 heterocycles. The molecule has 0 aliphatic heterocycles. The van der Waals surface area contributed by atoms with Crippen molar-refractivity contribution in [2.24, 2.45) is 5.73 Å². The van der Waals surface area contributed by atoms with E-state index in [9.17, 15) is 9.59 Å². The summed E-state index contributed by atoms with van der Waals surface area (Å²) in [7, 11) is 0. The third kappa shape index (κ3) is 4.14. The van der Waals surface area contributed by atoms with Gasteiger partial charge >= 0.3 is 12.1 Å². The van der Waals surface area contributed by atoms with Gasteiger partial charge in [-0.3, -0.25) is 9.36 Å². The second-order valence-corrected chi connectivity index (χ2v) is 6.58. The maximum absolute atomic E-state index is 12.4. The van der Waals surface area contributed by atoms with E-state index in [0.717, 1.165) is 16.5 Å². The molecule has 0 amide bonds. The number of hydrogen-bond donors (Lipinski definition) is 1. The molecule has 130 valence electrons. The van der Waals surface area contributed by atoms with Crippen LogP contribution in [0.25, 0.3) is 10.9 Å². The maximum atomic E-state index is 12.4. The number of benzene rings is 1. The molecular formula is C18H24N2O4. The molecule has 0 saturated heterocycles. The van der Waals surface area contributed by atoms with Crippen molar-refractivity contribution in [2.45, 2.75) is 45.8 Å². The first-order valence-electron chi connectivity index (χ1n) is 7.97. The highest BCUT2D eigenvalue weighted by Gasteiger charge is 2.23. The van der Waals surface area contributed by atoms with Crippen LogP contribution < -0.4 is 5.73 Å². The van der Waals surface area contributed by atoms with Crippen molar-refractivity contribution in [3.05, 3.63) is 36.0 Å². The van der Waals surface area contributed by atoms with Gasteiger partial charge in [0.1, 0.15) is 11.6 Å². The summed E-state index contributed by atoms with van der Waals surface area (Å²) >= 11 is 0. The molecule has 1 atom stereocenters. The molecule has 0 unspecified atom stereocenters. The minimum atomic E-state index is -0.775. The molecule has 0 fully saturated rings. The van der Waals surface area contributed by atoms with Gasteiger partial charge in [-0.05, 0) is 39.3 Å². The first kappa shape index (κ1) is 18.0. The lowest BCUT2D eigenvalue weighted by atomic mass is 10.1. The van der Waals surface area contributed by atoms with Gasteiger partial charge < -0.3 is 15.2 Å². The van der Waals surface area contributed by atoms with Crippen LogP contribution >= 0.6 is 0 Å². The SMILES string of the molecule is CCOC(=O)[C@H](N)Cc1cn(C(=O)OC(C)(C)C)c2ccccc12. The average molecular weight is 332 g/mol. The van der Waals surface area contributed by atoms with Crippen LogP contribution in [0.15, 0.2) is 30.5 Å². The minimum absolute atomic E-state index is 0.284. The first-order chi connectivity index (χ1) is 11.2.